The highest BCUT2D eigenvalue weighted by Crippen LogP contribution is 2.21. The summed E-state index contributed by atoms with van der Waals surface area (Å²) in [6.07, 6.45) is 21.8. The highest BCUT2D eigenvalue weighted by Gasteiger charge is 2.05. The summed E-state index contributed by atoms with van der Waals surface area (Å²) in [6, 6.07) is 0. The molecule has 0 saturated carbocycles. The highest BCUT2D eigenvalue weighted by atomic mass is 14.1. The van der Waals surface area contributed by atoms with Gasteiger partial charge < -0.3 is 0 Å². The second kappa shape index (κ2) is 17.4. The van der Waals surface area contributed by atoms with Crippen molar-refractivity contribution >= 4 is 0 Å². The number of unbranched alkanes of at least 4 members (excludes halogenated alkanes) is 6. The minimum atomic E-state index is 0.889. The van der Waals surface area contributed by atoms with Crippen LogP contribution < -0.4 is 0 Å². The summed E-state index contributed by atoms with van der Waals surface area (Å²) in [5, 5.41) is 0. The van der Waals surface area contributed by atoms with Crippen molar-refractivity contribution in [3.63, 3.8) is 0 Å². The quantitative estimate of drug-likeness (QED) is 0.215. The predicted octanol–water partition coefficient (Wildman–Crippen LogP) is 9.42. The molecule has 0 amide bonds. The van der Waals surface area contributed by atoms with E-state index in [1.54, 1.807) is 0 Å². The zero-order valence-electron chi connectivity index (χ0n) is 18.9. The third kappa shape index (κ3) is 20.2. The SMILES string of the molecule is CC(C)CCCCCC(C)CCCCCC(C)CCCCCC(C)C. The number of hydrogen-bond acceptors (Lipinski definition) is 0. The monoisotopic (exact) mass is 352 g/mol. The molecule has 0 aromatic rings. The lowest BCUT2D eigenvalue weighted by Crippen LogP contribution is -1.98. The van der Waals surface area contributed by atoms with E-state index in [0.29, 0.717) is 0 Å². The van der Waals surface area contributed by atoms with E-state index < -0.39 is 0 Å². The first kappa shape index (κ1) is 25.0. The minimum absolute atomic E-state index is 0.889. The third-order valence-electron chi connectivity index (χ3n) is 5.85. The molecule has 0 heterocycles. The van der Waals surface area contributed by atoms with Crippen LogP contribution in [0.25, 0.3) is 0 Å². The van der Waals surface area contributed by atoms with Crippen LogP contribution >= 0.6 is 0 Å². The maximum Gasteiger partial charge on any atom is -0.0443 e. The Morgan fingerprint density at radius 2 is 0.560 bits per heavy atom. The molecule has 0 spiro atoms. The van der Waals surface area contributed by atoms with Crippen LogP contribution in [0.1, 0.15) is 138 Å². The minimum Gasteiger partial charge on any atom is -0.0628 e. The summed E-state index contributed by atoms with van der Waals surface area (Å²) in [7, 11) is 0. The van der Waals surface area contributed by atoms with Crippen molar-refractivity contribution in [2.24, 2.45) is 23.7 Å². The lowest BCUT2D eigenvalue weighted by atomic mass is 9.93. The van der Waals surface area contributed by atoms with E-state index in [4.69, 9.17) is 0 Å². The molecule has 0 nitrogen and oxygen atoms in total. The molecule has 0 bridgehead atoms. The van der Waals surface area contributed by atoms with E-state index in [1.807, 2.05) is 0 Å². The predicted molar refractivity (Wildman–Crippen MR) is 117 cm³/mol. The molecule has 0 N–H and O–H groups in total. The summed E-state index contributed by atoms with van der Waals surface area (Å²) in [5.74, 6) is 3.69. The Hall–Kier alpha value is 0. The summed E-state index contributed by atoms with van der Waals surface area (Å²) in [5.41, 5.74) is 0. The zero-order chi connectivity index (χ0) is 18.9. The molecular weight excluding hydrogens is 300 g/mol. The maximum absolute atomic E-state index is 2.47. The largest absolute Gasteiger partial charge is 0.0628 e. The van der Waals surface area contributed by atoms with E-state index >= 15 is 0 Å². The highest BCUT2D eigenvalue weighted by molar-refractivity contribution is 4.59. The fourth-order valence-electron chi connectivity index (χ4n) is 3.90. The van der Waals surface area contributed by atoms with Crippen LogP contribution in [-0.2, 0) is 0 Å². The molecule has 152 valence electrons. The molecule has 2 atom stereocenters. The number of hydrogen-bond donors (Lipinski definition) is 0. The van der Waals surface area contributed by atoms with E-state index in [1.165, 1.54) is 96.3 Å². The summed E-state index contributed by atoms with van der Waals surface area (Å²) in [4.78, 5) is 0. The van der Waals surface area contributed by atoms with Gasteiger partial charge in [0.15, 0.2) is 0 Å². The van der Waals surface area contributed by atoms with Crippen LogP contribution in [0.4, 0.5) is 0 Å². The molecule has 0 saturated heterocycles. The first-order valence-corrected chi connectivity index (χ1v) is 11.9. The summed E-state index contributed by atoms with van der Waals surface area (Å²) >= 11 is 0. The van der Waals surface area contributed by atoms with E-state index in [9.17, 15) is 0 Å². The van der Waals surface area contributed by atoms with Crippen molar-refractivity contribution in [1.29, 1.82) is 0 Å². The van der Waals surface area contributed by atoms with Gasteiger partial charge in [-0.2, -0.15) is 0 Å². The van der Waals surface area contributed by atoms with E-state index in [2.05, 4.69) is 41.5 Å². The van der Waals surface area contributed by atoms with Gasteiger partial charge in [0.2, 0.25) is 0 Å². The molecule has 0 heteroatoms. The van der Waals surface area contributed by atoms with Crippen LogP contribution in [0.2, 0.25) is 0 Å². The Morgan fingerprint density at radius 1 is 0.320 bits per heavy atom. The Bertz CT molecular complexity index is 227. The van der Waals surface area contributed by atoms with E-state index in [-0.39, 0.29) is 0 Å². The molecule has 25 heavy (non-hydrogen) atoms. The van der Waals surface area contributed by atoms with Crippen LogP contribution in [0.15, 0.2) is 0 Å². The molecule has 0 aliphatic rings. The van der Waals surface area contributed by atoms with Crippen LogP contribution in [0, 0.1) is 23.7 Å². The standard InChI is InChI=1S/C25H52/c1-22(2)16-10-7-12-18-24(5)20-14-9-15-21-25(6)19-13-8-11-17-23(3)4/h22-25H,7-21H2,1-6H3. The lowest BCUT2D eigenvalue weighted by molar-refractivity contribution is 0.404. The maximum atomic E-state index is 2.47. The Balaban J connectivity index is 3.32. The average molecular weight is 353 g/mol. The van der Waals surface area contributed by atoms with Gasteiger partial charge in [-0.1, -0.05) is 138 Å². The van der Waals surface area contributed by atoms with Crippen molar-refractivity contribution in [3.8, 4) is 0 Å². The molecule has 0 aromatic carbocycles. The average Bonchev–Trinajstić information content (AvgIpc) is 2.53. The van der Waals surface area contributed by atoms with Crippen molar-refractivity contribution in [2.45, 2.75) is 138 Å². The van der Waals surface area contributed by atoms with Gasteiger partial charge in [-0.15, -0.1) is 0 Å². The van der Waals surface area contributed by atoms with Gasteiger partial charge >= 0.3 is 0 Å². The van der Waals surface area contributed by atoms with Crippen LogP contribution in [-0.4, -0.2) is 0 Å². The molecule has 0 aliphatic carbocycles. The zero-order valence-corrected chi connectivity index (χ0v) is 18.9. The Kier molecular flexibility index (Phi) is 17.4. The molecule has 0 aromatic heterocycles. The van der Waals surface area contributed by atoms with Gasteiger partial charge in [-0.05, 0) is 23.7 Å². The molecule has 0 radical (unpaired) electrons. The third-order valence-corrected chi connectivity index (χ3v) is 5.85. The first-order chi connectivity index (χ1) is 11.9. The smallest absolute Gasteiger partial charge is 0.0443 e. The van der Waals surface area contributed by atoms with Crippen LogP contribution in [0.3, 0.4) is 0 Å². The van der Waals surface area contributed by atoms with Gasteiger partial charge in [-0.3, -0.25) is 0 Å². The normalized spacial score (nSPS) is 14.4. The van der Waals surface area contributed by atoms with Crippen molar-refractivity contribution in [2.75, 3.05) is 0 Å². The van der Waals surface area contributed by atoms with Gasteiger partial charge in [-0.25, -0.2) is 0 Å². The first-order valence-electron chi connectivity index (χ1n) is 11.9. The van der Waals surface area contributed by atoms with Crippen LogP contribution in [0.5, 0.6) is 0 Å². The van der Waals surface area contributed by atoms with Crippen molar-refractivity contribution in [3.05, 3.63) is 0 Å². The van der Waals surface area contributed by atoms with Crippen molar-refractivity contribution in [1.82, 2.24) is 0 Å². The molecule has 2 unspecified atom stereocenters. The second-order valence-corrected chi connectivity index (χ2v) is 9.91. The fourth-order valence-corrected chi connectivity index (χ4v) is 3.90. The fraction of sp³-hybridized carbons (Fsp3) is 1.00. The van der Waals surface area contributed by atoms with Gasteiger partial charge in [0.1, 0.15) is 0 Å². The molecule has 0 rings (SSSR count). The van der Waals surface area contributed by atoms with Crippen molar-refractivity contribution < 1.29 is 0 Å². The Morgan fingerprint density at radius 3 is 0.800 bits per heavy atom. The topological polar surface area (TPSA) is 0 Å². The number of rotatable bonds is 18. The van der Waals surface area contributed by atoms with Gasteiger partial charge in [0, 0.05) is 0 Å². The molecule has 0 aliphatic heterocycles. The summed E-state index contributed by atoms with van der Waals surface area (Å²) in [6.45, 7) is 14.3. The van der Waals surface area contributed by atoms with E-state index in [0.717, 1.165) is 23.7 Å². The molecular formula is C25H52. The van der Waals surface area contributed by atoms with Gasteiger partial charge in [0.25, 0.3) is 0 Å². The second-order valence-electron chi connectivity index (χ2n) is 9.91. The van der Waals surface area contributed by atoms with Gasteiger partial charge in [0.05, 0.1) is 0 Å². The Labute approximate surface area is 161 Å². The summed E-state index contributed by atoms with van der Waals surface area (Å²) < 4.78 is 0. The lowest BCUT2D eigenvalue weighted by Gasteiger charge is -2.13. The molecule has 0 fully saturated rings.